The zero-order valence-electron chi connectivity index (χ0n) is 13.6. The topological polar surface area (TPSA) is 50.3 Å². The molecule has 4 rings (SSSR count). The van der Waals surface area contributed by atoms with Crippen molar-refractivity contribution < 1.29 is 10.2 Å². The average molecular weight is 310 g/mol. The smallest absolute Gasteiger partial charge is 0.0703 e. The van der Waals surface area contributed by atoms with Gasteiger partial charge in [0.15, 0.2) is 0 Å². The van der Waals surface area contributed by atoms with Crippen LogP contribution in [-0.2, 0) is 39.6 Å². The Bertz CT molecular complexity index is 902. The molecular weight excluding hydrogens is 288 g/mol. The molecule has 2 aromatic heterocycles. The fourth-order valence-corrected chi connectivity index (χ4v) is 4.25. The second-order valence-electron chi connectivity index (χ2n) is 6.28. The molecule has 1 aliphatic rings. The number of aliphatic hydroxyl groups excluding tert-OH is 2. The van der Waals surface area contributed by atoms with Gasteiger partial charge in [0.1, 0.15) is 0 Å². The number of hydrogen-bond acceptors (Lipinski definition) is 2. The summed E-state index contributed by atoms with van der Waals surface area (Å²) in [4.78, 5) is 0. The van der Waals surface area contributed by atoms with Gasteiger partial charge >= 0.3 is 0 Å². The van der Waals surface area contributed by atoms with Crippen LogP contribution >= 0.6 is 0 Å². The van der Waals surface area contributed by atoms with E-state index in [1.54, 1.807) is 0 Å². The number of aryl methyl sites for hydroxylation is 1. The molecule has 0 spiro atoms. The van der Waals surface area contributed by atoms with Crippen molar-refractivity contribution in [3.8, 4) is 0 Å². The predicted molar refractivity (Wildman–Crippen MR) is 90.5 cm³/mol. The standard InChI is InChI=1S/C19H22N2O2/c1-3-16-14(10-22)15(11-23)18-8-13-12-6-4-5-7-17(12)20(2)19(13)9-21(16)18/h4-7,22-23H,3,8-11H2,1-2H3. The van der Waals surface area contributed by atoms with Crippen LogP contribution in [0.5, 0.6) is 0 Å². The van der Waals surface area contributed by atoms with Crippen LogP contribution in [-0.4, -0.2) is 19.3 Å². The number of nitrogens with zero attached hydrogens (tertiary/aromatic N) is 2. The molecular formula is C19H22N2O2. The first kappa shape index (κ1) is 14.5. The summed E-state index contributed by atoms with van der Waals surface area (Å²) in [6.07, 6.45) is 1.68. The van der Waals surface area contributed by atoms with Crippen LogP contribution in [0.15, 0.2) is 24.3 Å². The third-order valence-corrected chi connectivity index (χ3v) is 5.36. The van der Waals surface area contributed by atoms with Gasteiger partial charge in [0.2, 0.25) is 0 Å². The van der Waals surface area contributed by atoms with Gasteiger partial charge in [-0.05, 0) is 18.1 Å². The van der Waals surface area contributed by atoms with Crippen molar-refractivity contribution >= 4 is 10.9 Å². The van der Waals surface area contributed by atoms with Gasteiger partial charge in [-0.3, -0.25) is 0 Å². The zero-order valence-corrected chi connectivity index (χ0v) is 13.6. The molecule has 120 valence electrons. The van der Waals surface area contributed by atoms with Crippen molar-refractivity contribution in [1.29, 1.82) is 0 Å². The molecule has 1 aromatic carbocycles. The molecule has 23 heavy (non-hydrogen) atoms. The van der Waals surface area contributed by atoms with E-state index in [0.29, 0.717) is 0 Å². The Hall–Kier alpha value is -2.04. The minimum Gasteiger partial charge on any atom is -0.392 e. The van der Waals surface area contributed by atoms with Crippen molar-refractivity contribution in [2.75, 3.05) is 0 Å². The van der Waals surface area contributed by atoms with Crippen molar-refractivity contribution in [3.63, 3.8) is 0 Å². The summed E-state index contributed by atoms with van der Waals surface area (Å²) < 4.78 is 4.59. The lowest BCUT2D eigenvalue weighted by molar-refractivity contribution is 0.259. The molecule has 1 aliphatic heterocycles. The summed E-state index contributed by atoms with van der Waals surface area (Å²) in [5.41, 5.74) is 8.10. The lowest BCUT2D eigenvalue weighted by Gasteiger charge is -2.21. The molecule has 4 nitrogen and oxygen atoms in total. The van der Waals surface area contributed by atoms with Crippen molar-refractivity contribution in [2.24, 2.45) is 7.05 Å². The highest BCUT2D eigenvalue weighted by Crippen LogP contribution is 2.36. The summed E-state index contributed by atoms with van der Waals surface area (Å²) in [6, 6.07) is 8.50. The largest absolute Gasteiger partial charge is 0.392 e. The van der Waals surface area contributed by atoms with Crippen LogP contribution in [0.3, 0.4) is 0 Å². The van der Waals surface area contributed by atoms with E-state index in [0.717, 1.165) is 41.9 Å². The fourth-order valence-electron chi connectivity index (χ4n) is 4.25. The van der Waals surface area contributed by atoms with Crippen LogP contribution in [0.1, 0.15) is 40.7 Å². The summed E-state index contributed by atoms with van der Waals surface area (Å²) in [5.74, 6) is 0. The van der Waals surface area contributed by atoms with Gasteiger partial charge in [-0.1, -0.05) is 25.1 Å². The van der Waals surface area contributed by atoms with Crippen LogP contribution in [0, 0.1) is 0 Å². The summed E-state index contributed by atoms with van der Waals surface area (Å²) in [7, 11) is 2.13. The highest BCUT2D eigenvalue weighted by Gasteiger charge is 2.28. The van der Waals surface area contributed by atoms with Crippen molar-refractivity contribution in [3.05, 3.63) is 58.0 Å². The van der Waals surface area contributed by atoms with Gasteiger partial charge < -0.3 is 19.3 Å². The Balaban J connectivity index is 1.98. The third-order valence-electron chi connectivity index (χ3n) is 5.36. The number of aliphatic hydroxyl groups is 2. The van der Waals surface area contributed by atoms with E-state index in [2.05, 4.69) is 47.4 Å². The van der Waals surface area contributed by atoms with E-state index >= 15 is 0 Å². The number of rotatable bonds is 3. The lowest BCUT2D eigenvalue weighted by Crippen LogP contribution is -2.18. The lowest BCUT2D eigenvalue weighted by atomic mass is 9.99. The Morgan fingerprint density at radius 2 is 1.78 bits per heavy atom. The van der Waals surface area contributed by atoms with E-state index in [1.807, 2.05) is 0 Å². The number of para-hydroxylation sites is 1. The van der Waals surface area contributed by atoms with Crippen LogP contribution in [0.2, 0.25) is 0 Å². The van der Waals surface area contributed by atoms with Crippen LogP contribution < -0.4 is 0 Å². The van der Waals surface area contributed by atoms with E-state index in [9.17, 15) is 10.2 Å². The SMILES string of the molecule is CCc1c(CO)c(CO)c2n1Cc1c(c3ccccc3n1C)C2. The minimum absolute atomic E-state index is 0.00381. The average Bonchev–Trinajstić information content (AvgIpc) is 3.05. The number of fused-ring (bicyclic) bond motifs is 4. The first-order valence-corrected chi connectivity index (χ1v) is 8.20. The molecule has 0 unspecified atom stereocenters. The van der Waals surface area contributed by atoms with E-state index in [1.165, 1.54) is 22.2 Å². The van der Waals surface area contributed by atoms with Gasteiger partial charge in [0.05, 0.1) is 19.8 Å². The Labute approximate surface area is 135 Å². The van der Waals surface area contributed by atoms with Gasteiger partial charge in [-0.15, -0.1) is 0 Å². The molecule has 0 fully saturated rings. The quantitative estimate of drug-likeness (QED) is 0.611. The highest BCUT2D eigenvalue weighted by molar-refractivity contribution is 5.86. The minimum atomic E-state index is -0.00861. The van der Waals surface area contributed by atoms with E-state index in [-0.39, 0.29) is 13.2 Å². The molecule has 0 radical (unpaired) electrons. The Morgan fingerprint density at radius 1 is 1.04 bits per heavy atom. The predicted octanol–water partition coefficient (Wildman–Crippen LogP) is 2.48. The molecule has 0 atom stereocenters. The Morgan fingerprint density at radius 3 is 2.48 bits per heavy atom. The zero-order chi connectivity index (χ0) is 16.1. The Kier molecular flexibility index (Phi) is 3.32. The van der Waals surface area contributed by atoms with Crippen molar-refractivity contribution in [1.82, 2.24) is 9.13 Å². The van der Waals surface area contributed by atoms with Crippen molar-refractivity contribution in [2.45, 2.75) is 39.5 Å². The number of aromatic nitrogens is 2. The molecule has 0 bridgehead atoms. The first-order chi connectivity index (χ1) is 11.2. The van der Waals surface area contributed by atoms with Gasteiger partial charge in [-0.2, -0.15) is 0 Å². The second kappa shape index (κ2) is 5.25. The fraction of sp³-hybridized carbons (Fsp3) is 0.368. The summed E-state index contributed by atoms with van der Waals surface area (Å²) >= 11 is 0. The van der Waals surface area contributed by atoms with E-state index < -0.39 is 0 Å². The molecule has 3 aromatic rings. The second-order valence-corrected chi connectivity index (χ2v) is 6.28. The summed E-state index contributed by atoms with van der Waals surface area (Å²) in [6.45, 7) is 2.91. The maximum absolute atomic E-state index is 9.85. The summed E-state index contributed by atoms with van der Waals surface area (Å²) in [5, 5.41) is 20.9. The molecule has 0 amide bonds. The van der Waals surface area contributed by atoms with Crippen LogP contribution in [0.25, 0.3) is 10.9 Å². The number of benzene rings is 1. The molecule has 3 heterocycles. The van der Waals surface area contributed by atoms with E-state index in [4.69, 9.17) is 0 Å². The van der Waals surface area contributed by atoms with Crippen LogP contribution in [0.4, 0.5) is 0 Å². The first-order valence-electron chi connectivity index (χ1n) is 8.20. The third kappa shape index (κ3) is 1.85. The molecule has 0 saturated heterocycles. The normalized spacial score (nSPS) is 13.4. The maximum atomic E-state index is 9.85. The number of hydrogen-bond donors (Lipinski definition) is 2. The van der Waals surface area contributed by atoms with Gasteiger partial charge in [-0.25, -0.2) is 0 Å². The molecule has 2 N–H and O–H groups in total. The maximum Gasteiger partial charge on any atom is 0.0703 e. The molecule has 0 saturated carbocycles. The molecule has 0 aliphatic carbocycles. The molecule has 4 heteroatoms. The van der Waals surface area contributed by atoms with Gasteiger partial charge in [0, 0.05) is 52.6 Å². The van der Waals surface area contributed by atoms with Gasteiger partial charge in [0.25, 0.3) is 0 Å². The highest BCUT2D eigenvalue weighted by atomic mass is 16.3. The monoisotopic (exact) mass is 310 g/mol.